The molecule has 0 spiro atoms. The van der Waals surface area contributed by atoms with Crippen LogP contribution in [0.1, 0.15) is 26.7 Å². The molecule has 5 heteroatoms. The van der Waals surface area contributed by atoms with Gasteiger partial charge in [0.2, 0.25) is 5.91 Å². The van der Waals surface area contributed by atoms with Gasteiger partial charge in [0, 0.05) is 6.54 Å². The largest absolute Gasteiger partial charge is 0.394 e. The van der Waals surface area contributed by atoms with E-state index in [0.717, 1.165) is 6.42 Å². The third kappa shape index (κ3) is 3.43. The Bertz CT molecular complexity index is 233. The third-order valence-corrected chi connectivity index (χ3v) is 2.99. The Balaban J connectivity index is 2.40. The van der Waals surface area contributed by atoms with Crippen LogP contribution in [0.25, 0.3) is 0 Å². The highest BCUT2D eigenvalue weighted by Crippen LogP contribution is 2.19. The topological polar surface area (TPSA) is 84.6 Å². The molecule has 0 radical (unpaired) electrons. The number of hydrogen-bond donors (Lipinski definition) is 3. The molecule has 1 rings (SSSR count). The molecule has 1 saturated heterocycles. The second kappa shape index (κ2) is 6.18. The second-order valence-electron chi connectivity index (χ2n) is 4.60. The van der Waals surface area contributed by atoms with E-state index >= 15 is 0 Å². The minimum absolute atomic E-state index is 0.00220. The average molecular weight is 230 g/mol. The van der Waals surface area contributed by atoms with E-state index in [1.165, 1.54) is 0 Å². The molecular weight excluding hydrogens is 208 g/mol. The number of hydrogen-bond acceptors (Lipinski definition) is 4. The zero-order valence-electron chi connectivity index (χ0n) is 9.98. The van der Waals surface area contributed by atoms with Crippen LogP contribution in [0.4, 0.5) is 0 Å². The summed E-state index contributed by atoms with van der Waals surface area (Å²) in [5.74, 6) is 0.0735. The van der Waals surface area contributed by atoms with Gasteiger partial charge in [-0.3, -0.25) is 4.79 Å². The fourth-order valence-corrected chi connectivity index (χ4v) is 1.77. The molecule has 1 heterocycles. The molecule has 0 bridgehead atoms. The normalized spacial score (nSPS) is 27.1. The zero-order chi connectivity index (χ0) is 12.1. The Morgan fingerprint density at radius 2 is 2.25 bits per heavy atom. The monoisotopic (exact) mass is 230 g/mol. The standard InChI is InChI=1S/C11H22N2O3/c1-7(2)9(6-14)13-11(15)10-4-3-8(5-12)16-10/h7-10,14H,3-6,12H2,1-2H3,(H,13,15). The number of aliphatic hydroxyl groups is 1. The van der Waals surface area contributed by atoms with Crippen molar-refractivity contribution >= 4 is 5.91 Å². The van der Waals surface area contributed by atoms with Crippen molar-refractivity contribution in [2.24, 2.45) is 11.7 Å². The number of nitrogens with two attached hydrogens (primary N) is 1. The maximum Gasteiger partial charge on any atom is 0.249 e. The quantitative estimate of drug-likeness (QED) is 0.601. The Morgan fingerprint density at radius 1 is 1.56 bits per heavy atom. The van der Waals surface area contributed by atoms with Crippen LogP contribution in [0.5, 0.6) is 0 Å². The Kier molecular flexibility index (Phi) is 5.18. The van der Waals surface area contributed by atoms with Crippen LogP contribution >= 0.6 is 0 Å². The van der Waals surface area contributed by atoms with E-state index in [9.17, 15) is 4.79 Å². The van der Waals surface area contributed by atoms with E-state index in [0.29, 0.717) is 13.0 Å². The van der Waals surface area contributed by atoms with E-state index in [1.807, 2.05) is 13.8 Å². The van der Waals surface area contributed by atoms with Crippen molar-refractivity contribution in [2.45, 2.75) is 44.9 Å². The van der Waals surface area contributed by atoms with Crippen molar-refractivity contribution in [3.8, 4) is 0 Å². The lowest BCUT2D eigenvalue weighted by Gasteiger charge is -2.22. The van der Waals surface area contributed by atoms with Gasteiger partial charge in [0.25, 0.3) is 0 Å². The highest BCUT2D eigenvalue weighted by atomic mass is 16.5. The van der Waals surface area contributed by atoms with Crippen LogP contribution in [0, 0.1) is 5.92 Å². The van der Waals surface area contributed by atoms with Crippen molar-refractivity contribution in [3.05, 3.63) is 0 Å². The maximum absolute atomic E-state index is 11.8. The average Bonchev–Trinajstić information content (AvgIpc) is 2.73. The number of carbonyl (C=O) groups is 1. The molecule has 0 aromatic rings. The van der Waals surface area contributed by atoms with Crippen LogP contribution in [0.3, 0.4) is 0 Å². The SMILES string of the molecule is CC(C)C(CO)NC(=O)C1CCC(CN)O1. The number of ether oxygens (including phenoxy) is 1. The fraction of sp³-hybridized carbons (Fsp3) is 0.909. The molecule has 3 atom stereocenters. The molecule has 1 aliphatic rings. The smallest absolute Gasteiger partial charge is 0.249 e. The predicted molar refractivity (Wildman–Crippen MR) is 60.8 cm³/mol. The van der Waals surface area contributed by atoms with Crippen molar-refractivity contribution < 1.29 is 14.6 Å². The molecule has 94 valence electrons. The maximum atomic E-state index is 11.8. The minimum atomic E-state index is -0.402. The van der Waals surface area contributed by atoms with E-state index in [1.54, 1.807) is 0 Å². The van der Waals surface area contributed by atoms with E-state index < -0.39 is 6.10 Å². The number of aliphatic hydroxyl groups excluding tert-OH is 1. The summed E-state index contributed by atoms with van der Waals surface area (Å²) >= 11 is 0. The first-order chi connectivity index (χ1) is 7.58. The first-order valence-corrected chi connectivity index (χ1v) is 5.85. The van der Waals surface area contributed by atoms with Crippen LogP contribution in [0.2, 0.25) is 0 Å². The van der Waals surface area contributed by atoms with Gasteiger partial charge in [0.1, 0.15) is 6.10 Å². The van der Waals surface area contributed by atoms with Crippen molar-refractivity contribution in [1.82, 2.24) is 5.32 Å². The molecule has 1 amide bonds. The highest BCUT2D eigenvalue weighted by molar-refractivity contribution is 5.81. The lowest BCUT2D eigenvalue weighted by atomic mass is 10.0. The Labute approximate surface area is 96.3 Å². The minimum Gasteiger partial charge on any atom is -0.394 e. The summed E-state index contributed by atoms with van der Waals surface area (Å²) in [6.07, 6.45) is 1.15. The number of rotatable bonds is 5. The van der Waals surface area contributed by atoms with Crippen molar-refractivity contribution in [1.29, 1.82) is 0 Å². The van der Waals surface area contributed by atoms with Crippen LogP contribution in [-0.4, -0.2) is 42.4 Å². The van der Waals surface area contributed by atoms with Crippen LogP contribution in [0.15, 0.2) is 0 Å². The molecule has 4 N–H and O–H groups in total. The molecule has 1 aliphatic heterocycles. The molecule has 1 fully saturated rings. The molecular formula is C11H22N2O3. The number of amides is 1. The van der Waals surface area contributed by atoms with Crippen molar-refractivity contribution in [3.63, 3.8) is 0 Å². The highest BCUT2D eigenvalue weighted by Gasteiger charge is 2.31. The van der Waals surface area contributed by atoms with Gasteiger partial charge in [-0.05, 0) is 18.8 Å². The Morgan fingerprint density at radius 3 is 2.69 bits per heavy atom. The summed E-state index contributed by atoms with van der Waals surface area (Å²) in [5, 5.41) is 11.9. The van der Waals surface area contributed by atoms with Gasteiger partial charge in [-0.15, -0.1) is 0 Å². The van der Waals surface area contributed by atoms with E-state index in [4.69, 9.17) is 15.6 Å². The number of nitrogens with one attached hydrogen (secondary N) is 1. The lowest BCUT2D eigenvalue weighted by molar-refractivity contribution is -0.133. The van der Waals surface area contributed by atoms with Gasteiger partial charge in [0.15, 0.2) is 0 Å². The third-order valence-electron chi connectivity index (χ3n) is 2.99. The molecule has 5 nitrogen and oxygen atoms in total. The summed E-state index contributed by atoms with van der Waals surface area (Å²) in [6, 6.07) is -0.201. The van der Waals surface area contributed by atoms with Gasteiger partial charge in [-0.2, -0.15) is 0 Å². The summed E-state index contributed by atoms with van der Waals surface area (Å²) in [5.41, 5.74) is 5.48. The van der Waals surface area contributed by atoms with Gasteiger partial charge >= 0.3 is 0 Å². The van der Waals surface area contributed by atoms with Gasteiger partial charge in [0.05, 0.1) is 18.8 Å². The summed E-state index contributed by atoms with van der Waals surface area (Å²) in [6.45, 7) is 4.33. The zero-order valence-corrected chi connectivity index (χ0v) is 9.98. The van der Waals surface area contributed by atoms with Crippen LogP contribution < -0.4 is 11.1 Å². The van der Waals surface area contributed by atoms with Gasteiger partial charge in [-0.25, -0.2) is 0 Å². The molecule has 3 unspecified atom stereocenters. The first-order valence-electron chi connectivity index (χ1n) is 5.85. The summed E-state index contributed by atoms with van der Waals surface area (Å²) in [7, 11) is 0. The van der Waals surface area contributed by atoms with Crippen molar-refractivity contribution in [2.75, 3.05) is 13.2 Å². The molecule has 0 aromatic carbocycles. The molecule has 0 saturated carbocycles. The van der Waals surface area contributed by atoms with E-state index in [2.05, 4.69) is 5.32 Å². The predicted octanol–water partition coefficient (Wildman–Crippen LogP) is -0.374. The van der Waals surface area contributed by atoms with Gasteiger partial charge < -0.3 is 20.9 Å². The summed E-state index contributed by atoms with van der Waals surface area (Å²) < 4.78 is 5.48. The van der Waals surface area contributed by atoms with E-state index in [-0.39, 0.29) is 30.6 Å². The molecule has 16 heavy (non-hydrogen) atoms. The second-order valence-corrected chi connectivity index (χ2v) is 4.60. The molecule has 0 aliphatic carbocycles. The summed E-state index contributed by atoms with van der Waals surface area (Å²) in [4.78, 5) is 11.8. The Hall–Kier alpha value is -0.650. The lowest BCUT2D eigenvalue weighted by Crippen LogP contribution is -2.46. The number of carbonyl (C=O) groups excluding carboxylic acids is 1. The van der Waals surface area contributed by atoms with Crippen LogP contribution in [-0.2, 0) is 9.53 Å². The van der Waals surface area contributed by atoms with Gasteiger partial charge in [-0.1, -0.05) is 13.8 Å². The fourth-order valence-electron chi connectivity index (χ4n) is 1.77. The molecule has 0 aromatic heterocycles. The first kappa shape index (κ1) is 13.4.